The van der Waals surface area contributed by atoms with Gasteiger partial charge in [0.1, 0.15) is 31.5 Å². The van der Waals surface area contributed by atoms with Gasteiger partial charge < -0.3 is 52.5 Å². The van der Waals surface area contributed by atoms with Crippen LogP contribution >= 0.6 is 0 Å². The molecule has 10 atom stereocenters. The Hall–Kier alpha value is -3.87. The lowest BCUT2D eigenvalue weighted by Gasteiger charge is -2.48. The monoisotopic (exact) mass is 832 g/mol. The summed E-state index contributed by atoms with van der Waals surface area (Å²) < 4.78 is 58.7. The number of ether oxygens (including phenoxy) is 10. The van der Waals surface area contributed by atoms with E-state index in [0.29, 0.717) is 44.9 Å². The van der Waals surface area contributed by atoms with Crippen LogP contribution in [0.5, 0.6) is 0 Å². The van der Waals surface area contributed by atoms with Crippen molar-refractivity contribution < 1.29 is 86.0 Å². The smallest absolute Gasteiger partial charge is 0.306 e. The molecule has 0 aromatic rings. The van der Waals surface area contributed by atoms with Crippen molar-refractivity contribution in [2.45, 2.75) is 200 Å². The van der Waals surface area contributed by atoms with Crippen molar-refractivity contribution in [2.24, 2.45) is 0 Å². The van der Waals surface area contributed by atoms with Gasteiger partial charge >= 0.3 is 41.8 Å². The summed E-state index contributed by atoms with van der Waals surface area (Å²) in [6.07, 6.45) is -13.8. The number of carbonyl (C=O) groups excluding carboxylic acids is 7. The highest BCUT2D eigenvalue weighted by Crippen LogP contribution is 2.35. The van der Waals surface area contributed by atoms with Gasteiger partial charge in [0.25, 0.3) is 0 Å². The molecule has 2 fully saturated rings. The van der Waals surface area contributed by atoms with Gasteiger partial charge in [-0.25, -0.2) is 0 Å². The molecule has 0 aromatic carbocycles. The number of aliphatic hydroxyl groups is 1. The summed E-state index contributed by atoms with van der Waals surface area (Å²) >= 11 is 0. The lowest BCUT2D eigenvalue weighted by atomic mass is 9.95. The van der Waals surface area contributed by atoms with Crippen LogP contribution in [0.3, 0.4) is 0 Å². The van der Waals surface area contributed by atoms with Crippen LogP contribution in [-0.4, -0.2) is 122 Å². The number of carbonyl (C=O) groups is 7. The van der Waals surface area contributed by atoms with Crippen molar-refractivity contribution in [2.75, 3.05) is 13.2 Å². The van der Waals surface area contributed by atoms with E-state index in [1.165, 1.54) is 0 Å². The van der Waals surface area contributed by atoms with E-state index in [1.807, 2.05) is 0 Å². The minimum absolute atomic E-state index is 0.0372. The van der Waals surface area contributed by atoms with Crippen LogP contribution in [0.4, 0.5) is 0 Å². The second-order valence-corrected chi connectivity index (χ2v) is 14.1. The summed E-state index contributed by atoms with van der Waals surface area (Å²) in [7, 11) is 0. The summed E-state index contributed by atoms with van der Waals surface area (Å²) in [6, 6.07) is 0. The largest absolute Gasteiger partial charge is 0.463 e. The standard InChI is InChI=1S/C40H64O18/c1-8-15-26(41)49-22-24-34(35(54-29(44)18-11-4)37(39(48)51-24)56-31(46)20-13-6)58-40-38(57-32(47)21-14-7)36(55-30(45)19-12-5)33(53-28(43)17-10-3)25(52-40)23-50-27(42)16-9-2/h24-25,33-40,48H,8-23H2,1-7H3/t24-,25-,33-,34-,35+,36+,37-,38-,39-,40-/m1/s1. The second kappa shape index (κ2) is 27.0. The summed E-state index contributed by atoms with van der Waals surface area (Å²) in [6.45, 7) is 11.1. The van der Waals surface area contributed by atoms with Gasteiger partial charge in [-0.3, -0.25) is 33.6 Å². The van der Waals surface area contributed by atoms with Crippen molar-refractivity contribution in [3.63, 3.8) is 0 Å². The Morgan fingerprint density at radius 2 is 0.707 bits per heavy atom. The summed E-state index contributed by atoms with van der Waals surface area (Å²) in [5.41, 5.74) is 0. The topological polar surface area (TPSA) is 232 Å². The van der Waals surface area contributed by atoms with Gasteiger partial charge in [0.2, 0.25) is 0 Å². The van der Waals surface area contributed by atoms with Gasteiger partial charge in [-0.05, 0) is 44.9 Å². The second-order valence-electron chi connectivity index (χ2n) is 14.1. The quantitative estimate of drug-likeness (QED) is 0.101. The first kappa shape index (κ1) is 50.3. The number of aliphatic hydroxyl groups excluding tert-OH is 1. The molecule has 18 heteroatoms. The van der Waals surface area contributed by atoms with Crippen LogP contribution in [0.15, 0.2) is 0 Å². The Bertz CT molecular complexity index is 1320. The van der Waals surface area contributed by atoms with Crippen molar-refractivity contribution >= 4 is 41.8 Å². The fourth-order valence-corrected chi connectivity index (χ4v) is 6.11. The third kappa shape index (κ3) is 16.4. The molecule has 2 rings (SSSR count). The van der Waals surface area contributed by atoms with Gasteiger partial charge in [0, 0.05) is 44.9 Å². The fourth-order valence-electron chi connectivity index (χ4n) is 6.11. The number of rotatable bonds is 25. The molecular formula is C40H64O18. The lowest BCUT2D eigenvalue weighted by molar-refractivity contribution is -0.357. The maximum absolute atomic E-state index is 13.3. The van der Waals surface area contributed by atoms with E-state index in [0.717, 1.165) is 0 Å². The van der Waals surface area contributed by atoms with Gasteiger partial charge in [-0.15, -0.1) is 0 Å². The number of hydrogen-bond donors (Lipinski definition) is 1. The van der Waals surface area contributed by atoms with Crippen LogP contribution in [0.2, 0.25) is 0 Å². The van der Waals surface area contributed by atoms with E-state index < -0.39 is 116 Å². The van der Waals surface area contributed by atoms with Gasteiger partial charge in [0.05, 0.1) is 0 Å². The zero-order chi connectivity index (χ0) is 43.2. The number of hydrogen-bond acceptors (Lipinski definition) is 18. The highest BCUT2D eigenvalue weighted by molar-refractivity contribution is 5.73. The zero-order valence-electron chi connectivity index (χ0n) is 35.0. The van der Waals surface area contributed by atoms with Crippen LogP contribution < -0.4 is 0 Å². The Morgan fingerprint density at radius 3 is 1.10 bits per heavy atom. The molecule has 0 aliphatic carbocycles. The van der Waals surface area contributed by atoms with Crippen molar-refractivity contribution in [3.05, 3.63) is 0 Å². The molecule has 0 bridgehead atoms. The molecule has 0 saturated carbocycles. The zero-order valence-corrected chi connectivity index (χ0v) is 35.0. The van der Waals surface area contributed by atoms with Crippen molar-refractivity contribution in [1.29, 1.82) is 0 Å². The van der Waals surface area contributed by atoms with E-state index in [4.69, 9.17) is 47.4 Å². The van der Waals surface area contributed by atoms with Gasteiger partial charge in [-0.2, -0.15) is 0 Å². The molecule has 0 radical (unpaired) electrons. The van der Waals surface area contributed by atoms with Crippen LogP contribution in [0.1, 0.15) is 138 Å². The van der Waals surface area contributed by atoms with Crippen molar-refractivity contribution in [1.82, 2.24) is 0 Å². The summed E-state index contributed by atoms with van der Waals surface area (Å²) in [4.78, 5) is 90.8. The number of esters is 7. The molecular weight excluding hydrogens is 768 g/mol. The molecule has 2 saturated heterocycles. The maximum Gasteiger partial charge on any atom is 0.306 e. The normalized spacial score (nSPS) is 26.8. The third-order valence-electron chi connectivity index (χ3n) is 8.83. The van der Waals surface area contributed by atoms with Crippen molar-refractivity contribution in [3.8, 4) is 0 Å². The van der Waals surface area contributed by atoms with Gasteiger partial charge in [-0.1, -0.05) is 48.5 Å². The summed E-state index contributed by atoms with van der Waals surface area (Å²) in [5.74, 6) is -4.98. The van der Waals surface area contributed by atoms with Gasteiger partial charge in [0.15, 0.2) is 43.1 Å². The average molecular weight is 833 g/mol. The Labute approximate surface area is 340 Å². The third-order valence-corrected chi connectivity index (χ3v) is 8.83. The fraction of sp³-hybridized carbons (Fsp3) is 0.825. The molecule has 2 aliphatic heterocycles. The predicted molar refractivity (Wildman–Crippen MR) is 200 cm³/mol. The first-order chi connectivity index (χ1) is 27.8. The molecule has 1 N–H and O–H groups in total. The van der Waals surface area contributed by atoms with E-state index in [2.05, 4.69) is 0 Å². The average Bonchev–Trinajstić information content (AvgIpc) is 3.15. The molecule has 18 nitrogen and oxygen atoms in total. The van der Waals surface area contributed by atoms with E-state index in [-0.39, 0.29) is 44.9 Å². The maximum atomic E-state index is 13.3. The first-order valence-electron chi connectivity index (χ1n) is 20.7. The minimum atomic E-state index is -1.91. The predicted octanol–water partition coefficient (Wildman–Crippen LogP) is 4.06. The molecule has 332 valence electrons. The Kier molecular flexibility index (Phi) is 23.4. The Morgan fingerprint density at radius 1 is 0.397 bits per heavy atom. The summed E-state index contributed by atoms with van der Waals surface area (Å²) in [5, 5.41) is 11.2. The molecule has 58 heavy (non-hydrogen) atoms. The molecule has 0 aromatic heterocycles. The first-order valence-corrected chi connectivity index (χ1v) is 20.7. The highest BCUT2D eigenvalue weighted by atomic mass is 16.8. The molecule has 0 unspecified atom stereocenters. The highest BCUT2D eigenvalue weighted by Gasteiger charge is 2.57. The molecule has 2 heterocycles. The van der Waals surface area contributed by atoms with Crippen LogP contribution in [0.25, 0.3) is 0 Å². The van der Waals surface area contributed by atoms with Crippen LogP contribution in [-0.2, 0) is 80.9 Å². The lowest BCUT2D eigenvalue weighted by Crippen LogP contribution is -2.67. The molecule has 0 spiro atoms. The van der Waals surface area contributed by atoms with Crippen LogP contribution in [0, 0.1) is 0 Å². The molecule has 2 aliphatic rings. The van der Waals surface area contributed by atoms with E-state index >= 15 is 0 Å². The van der Waals surface area contributed by atoms with E-state index in [9.17, 15) is 38.7 Å². The molecule has 0 amide bonds. The minimum Gasteiger partial charge on any atom is -0.463 e. The van der Waals surface area contributed by atoms with E-state index in [1.54, 1.807) is 48.5 Å². The Balaban J connectivity index is 2.85. The SMILES string of the molecule is CCCC(=O)OC[C@H]1O[C@@H](O)[C@H](OC(=O)CCC)[C@@H](OC(=O)CCC)[C@@H]1O[C@H]1O[C@H](COC(=O)CCC)[C@@H](OC(=O)CCC)[C@H](OC(=O)CCC)[C@H]1OC(=O)CCC.